The van der Waals surface area contributed by atoms with Crippen LogP contribution in [0.4, 0.5) is 0 Å². The van der Waals surface area contributed by atoms with Gasteiger partial charge in [0.15, 0.2) is 0 Å². The monoisotopic (exact) mass is 281 g/mol. The van der Waals surface area contributed by atoms with Gasteiger partial charge in [0.1, 0.15) is 0 Å². The molecule has 0 fully saturated rings. The molecule has 0 aliphatic carbocycles. The number of allylic oxidation sites excluding steroid dienone is 13. The van der Waals surface area contributed by atoms with E-state index in [-0.39, 0.29) is 0 Å². The minimum absolute atomic E-state index is 0.625. The highest BCUT2D eigenvalue weighted by Gasteiger charge is 1.92. The van der Waals surface area contributed by atoms with E-state index in [9.17, 15) is 4.79 Å². The second-order valence-electron chi connectivity index (χ2n) is 3.51. The topological polar surface area (TPSA) is 63.4 Å². The van der Waals surface area contributed by atoms with Gasteiger partial charge in [-0.05, 0) is 11.3 Å². The van der Waals surface area contributed by atoms with Gasteiger partial charge in [-0.25, -0.2) is 4.79 Å². The van der Waals surface area contributed by atoms with Crippen LogP contribution < -0.4 is 0 Å². The molecule has 0 aromatic heterocycles. The van der Waals surface area contributed by atoms with E-state index in [2.05, 4.69) is 20.4 Å². The molecule has 21 heavy (non-hydrogen) atoms. The third-order valence-corrected chi connectivity index (χ3v) is 1.94. The van der Waals surface area contributed by atoms with Crippen molar-refractivity contribution in [3.63, 3.8) is 0 Å². The summed E-state index contributed by atoms with van der Waals surface area (Å²) in [5, 5.41) is 10.0. The highest BCUT2D eigenvalue weighted by atomic mass is 16.7. The Morgan fingerprint density at radius 1 is 0.667 bits per heavy atom. The number of rotatable bonds is 0. The number of carbonyl (C=O) groups excluding carboxylic acids is 1. The van der Waals surface area contributed by atoms with Crippen molar-refractivity contribution in [3.05, 3.63) is 85.1 Å². The summed E-state index contributed by atoms with van der Waals surface area (Å²) < 4.78 is 0. The van der Waals surface area contributed by atoms with Crippen LogP contribution in [0.1, 0.15) is 0 Å². The van der Waals surface area contributed by atoms with E-state index in [0.29, 0.717) is 0 Å². The van der Waals surface area contributed by atoms with Crippen LogP contribution >= 0.6 is 0 Å². The Balaban J connectivity index is 2.69. The fourth-order valence-corrected chi connectivity index (χ4v) is 1.07. The summed E-state index contributed by atoms with van der Waals surface area (Å²) in [4.78, 5) is 15.6. The maximum atomic E-state index is 11.2. The zero-order chi connectivity index (χ0) is 15.0. The second-order valence-corrected chi connectivity index (χ2v) is 3.51. The number of carbonyl (C=O) groups is 1. The van der Waals surface area contributed by atoms with Gasteiger partial charge in [0.25, 0.3) is 0 Å². The smallest absolute Gasteiger partial charge is 0.294 e. The van der Waals surface area contributed by atoms with Gasteiger partial charge in [-0.15, -0.1) is 5.10 Å². The van der Waals surface area contributed by atoms with Gasteiger partial charge >= 0.3 is 5.97 Å². The van der Waals surface area contributed by atoms with Gasteiger partial charge in [0.05, 0.1) is 11.5 Å². The summed E-state index contributed by atoms with van der Waals surface area (Å²) in [7, 11) is 0. The summed E-state index contributed by atoms with van der Waals surface area (Å²) in [6, 6.07) is 0. The Morgan fingerprint density at radius 2 is 1.14 bits per heavy atom. The molecule has 0 bridgehead atoms. The van der Waals surface area contributed by atoms with Crippen LogP contribution in [-0.4, -0.2) is 12.2 Å². The summed E-state index contributed by atoms with van der Waals surface area (Å²) in [5.74, 6) is -0.625. The van der Waals surface area contributed by atoms with Crippen LogP contribution in [0.25, 0.3) is 0 Å². The summed E-state index contributed by atoms with van der Waals surface area (Å²) in [5.41, 5.74) is 0. The lowest BCUT2D eigenvalue weighted by Gasteiger charge is -1.85. The van der Waals surface area contributed by atoms with E-state index in [1.54, 1.807) is 30.4 Å². The quantitative estimate of drug-likeness (QED) is 0.678. The average Bonchev–Trinajstić information content (AvgIpc) is 2.48. The van der Waals surface area contributed by atoms with Gasteiger partial charge in [0, 0.05) is 6.08 Å². The third kappa shape index (κ3) is 10.5. The van der Waals surface area contributed by atoms with Crippen LogP contribution in [0.3, 0.4) is 0 Å². The van der Waals surface area contributed by atoms with Crippen molar-refractivity contribution in [1.82, 2.24) is 0 Å². The van der Waals surface area contributed by atoms with Crippen molar-refractivity contribution in [2.24, 2.45) is 15.6 Å². The molecule has 0 saturated carbocycles. The molecule has 1 heterocycles. The molecule has 0 saturated heterocycles. The molecular formula is C16H15N3O2. The predicted octanol–water partition coefficient (Wildman–Crippen LogP) is 3.79. The summed E-state index contributed by atoms with van der Waals surface area (Å²) in [6.07, 6.45) is 26.2. The molecular weight excluding hydrogens is 266 g/mol. The Morgan fingerprint density at radius 3 is 1.71 bits per heavy atom. The summed E-state index contributed by atoms with van der Waals surface area (Å²) in [6.45, 7) is 0. The Hall–Kier alpha value is -3.08. The molecule has 0 radical (unpaired) electrons. The zero-order valence-corrected chi connectivity index (χ0v) is 11.3. The van der Waals surface area contributed by atoms with Crippen molar-refractivity contribution < 1.29 is 9.63 Å². The number of hydrogen-bond donors (Lipinski definition) is 0. The van der Waals surface area contributed by atoms with Crippen molar-refractivity contribution in [1.29, 1.82) is 0 Å². The first-order chi connectivity index (χ1) is 10.4. The molecule has 1 rings (SSSR count). The average molecular weight is 281 g/mol. The molecule has 0 N–H and O–H groups in total. The second kappa shape index (κ2) is 12.0. The molecule has 0 amide bonds. The predicted molar refractivity (Wildman–Crippen MR) is 83.4 cm³/mol. The van der Waals surface area contributed by atoms with Crippen LogP contribution in [0.5, 0.6) is 0 Å². The molecule has 0 aromatic carbocycles. The molecule has 1 aliphatic rings. The van der Waals surface area contributed by atoms with Crippen LogP contribution in [0, 0.1) is 0 Å². The lowest BCUT2D eigenvalue weighted by molar-refractivity contribution is -0.138. The van der Waals surface area contributed by atoms with Gasteiger partial charge in [-0.1, -0.05) is 72.9 Å². The van der Waals surface area contributed by atoms with Gasteiger partial charge in [-0.2, -0.15) is 0 Å². The fraction of sp³-hybridized carbons (Fsp3) is 0. The molecule has 0 atom stereocenters. The molecule has 0 unspecified atom stereocenters. The minimum atomic E-state index is -0.625. The van der Waals surface area contributed by atoms with E-state index in [0.717, 1.165) is 0 Å². The zero-order valence-electron chi connectivity index (χ0n) is 11.3. The van der Waals surface area contributed by atoms with Crippen molar-refractivity contribution in [2.45, 2.75) is 0 Å². The van der Waals surface area contributed by atoms with E-state index >= 15 is 0 Å². The molecule has 0 spiro atoms. The van der Waals surface area contributed by atoms with Gasteiger partial charge in [-0.3, -0.25) is 4.84 Å². The van der Waals surface area contributed by atoms with Gasteiger partial charge < -0.3 is 0 Å². The van der Waals surface area contributed by atoms with E-state index in [1.807, 2.05) is 48.6 Å². The highest BCUT2D eigenvalue weighted by molar-refractivity contribution is 5.82. The van der Waals surface area contributed by atoms with E-state index < -0.39 is 5.97 Å². The standard InChI is InChI=1S/C16H15N3O2/c20-16-14-12-10-8-6-4-2-1-3-5-7-9-11-13-15-17-18-19-21-16/h1-15H/b2-1-,5-3-,6-4-,9-7+,10-8-,13-11-,14-12-,17-15-,19-18-. The molecule has 0 aromatic rings. The lowest BCUT2D eigenvalue weighted by atomic mass is 10.3. The van der Waals surface area contributed by atoms with Crippen LogP contribution in [-0.2, 0) is 9.63 Å². The first kappa shape index (κ1) is 16.0. The van der Waals surface area contributed by atoms with Crippen molar-refractivity contribution >= 4 is 12.2 Å². The Bertz CT molecular complexity index is 574. The van der Waals surface area contributed by atoms with Crippen LogP contribution in [0.15, 0.2) is 101 Å². The lowest BCUT2D eigenvalue weighted by Crippen LogP contribution is -1.92. The number of hydrogen-bond acceptors (Lipinski definition) is 5. The normalized spacial score (nSPS) is 30.0. The molecule has 1 aliphatic heterocycles. The highest BCUT2D eigenvalue weighted by Crippen LogP contribution is 1.88. The van der Waals surface area contributed by atoms with Crippen molar-refractivity contribution in [2.75, 3.05) is 0 Å². The first-order valence-electron chi connectivity index (χ1n) is 6.20. The van der Waals surface area contributed by atoms with Crippen molar-refractivity contribution in [3.8, 4) is 0 Å². The molecule has 5 heteroatoms. The summed E-state index contributed by atoms with van der Waals surface area (Å²) >= 11 is 0. The maximum Gasteiger partial charge on any atom is 0.360 e. The van der Waals surface area contributed by atoms with Gasteiger partial charge in [0.2, 0.25) is 0 Å². The Labute approximate surface area is 123 Å². The van der Waals surface area contributed by atoms with Crippen LogP contribution in [0.2, 0.25) is 0 Å². The van der Waals surface area contributed by atoms with E-state index in [1.165, 1.54) is 12.3 Å². The first-order valence-corrected chi connectivity index (χ1v) is 6.20. The Kier molecular flexibility index (Phi) is 9.11. The largest absolute Gasteiger partial charge is 0.360 e. The minimum Gasteiger partial charge on any atom is -0.294 e. The fourth-order valence-electron chi connectivity index (χ4n) is 1.07. The van der Waals surface area contributed by atoms with E-state index in [4.69, 9.17) is 0 Å². The SMILES string of the molecule is O=C1\C=C/C=C\C=C/C=C\C=C/C=C/C=C\C=N/N=N\O1. The maximum absolute atomic E-state index is 11.2. The number of nitrogens with zero attached hydrogens (tertiary/aromatic N) is 3. The third-order valence-electron chi connectivity index (χ3n) is 1.94. The molecule has 5 nitrogen and oxygen atoms in total. The molecule has 106 valence electrons.